The molecule has 0 unspecified atom stereocenters. The summed E-state index contributed by atoms with van der Waals surface area (Å²) in [5, 5.41) is 13.9. The number of carbonyl (C=O) groups excluding carboxylic acids is 1. The predicted molar refractivity (Wildman–Crippen MR) is 107 cm³/mol. The Morgan fingerprint density at radius 1 is 1.35 bits per heavy atom. The van der Waals surface area contributed by atoms with E-state index < -0.39 is 0 Å². The van der Waals surface area contributed by atoms with Crippen LogP contribution >= 0.6 is 34.7 Å². The van der Waals surface area contributed by atoms with Crippen molar-refractivity contribution in [3.05, 3.63) is 45.1 Å². The highest BCUT2D eigenvalue weighted by molar-refractivity contribution is 8.00. The van der Waals surface area contributed by atoms with Gasteiger partial charge in [-0.1, -0.05) is 23.4 Å². The van der Waals surface area contributed by atoms with Crippen LogP contribution in [0.2, 0.25) is 5.02 Å². The summed E-state index contributed by atoms with van der Waals surface area (Å²) >= 11 is 9.03. The van der Waals surface area contributed by atoms with Crippen LogP contribution in [0.4, 0.5) is 5.69 Å². The fourth-order valence-corrected chi connectivity index (χ4v) is 4.73. The molecule has 132 valence electrons. The molecule has 1 N–H and O–H groups in total. The molecule has 0 fully saturated rings. The maximum Gasteiger partial charge on any atom is 0.234 e. The van der Waals surface area contributed by atoms with Crippen molar-refractivity contribution in [1.82, 2.24) is 9.97 Å². The normalized spacial score (nSPS) is 10.7. The minimum absolute atomic E-state index is 0.162. The number of benzene rings is 1. The third-order valence-electron chi connectivity index (χ3n) is 3.82. The fraction of sp³-hybridized carbons (Fsp3) is 0.222. The van der Waals surface area contributed by atoms with Gasteiger partial charge in [0, 0.05) is 16.0 Å². The first-order valence-electron chi connectivity index (χ1n) is 7.75. The van der Waals surface area contributed by atoms with Crippen LogP contribution in [0.3, 0.4) is 0 Å². The number of thioether (sulfide) groups is 1. The van der Waals surface area contributed by atoms with Gasteiger partial charge in [-0.2, -0.15) is 5.26 Å². The highest BCUT2D eigenvalue weighted by atomic mass is 35.5. The SMILES string of the molecule is Cc1nc(SCC(=O)Nc2ccc(C#N)c(Cl)c2)c2c(C)c(C)sc2n1. The number of aryl methyl sites for hydroxylation is 3. The average Bonchev–Trinajstić information content (AvgIpc) is 2.87. The third kappa shape index (κ3) is 3.83. The van der Waals surface area contributed by atoms with Crippen molar-refractivity contribution in [2.75, 3.05) is 11.1 Å². The molecule has 0 saturated carbocycles. The van der Waals surface area contributed by atoms with Crippen LogP contribution < -0.4 is 5.32 Å². The van der Waals surface area contributed by atoms with E-state index in [2.05, 4.69) is 29.1 Å². The molecule has 0 aliphatic heterocycles. The highest BCUT2D eigenvalue weighted by Crippen LogP contribution is 2.35. The number of hydrogen-bond donors (Lipinski definition) is 1. The molecule has 0 aliphatic rings. The van der Waals surface area contributed by atoms with Gasteiger partial charge in [0.2, 0.25) is 5.91 Å². The van der Waals surface area contributed by atoms with Gasteiger partial charge in [-0.15, -0.1) is 11.3 Å². The first kappa shape index (κ1) is 18.6. The lowest BCUT2D eigenvalue weighted by Gasteiger charge is -2.07. The van der Waals surface area contributed by atoms with Crippen LogP contribution in [0.5, 0.6) is 0 Å². The summed E-state index contributed by atoms with van der Waals surface area (Å²) in [7, 11) is 0. The second-order valence-electron chi connectivity index (χ2n) is 5.68. The summed E-state index contributed by atoms with van der Waals surface area (Å²) in [5.41, 5.74) is 2.10. The molecular formula is C18H15ClN4OS2. The number of anilines is 1. The predicted octanol–water partition coefficient (Wildman–Crippen LogP) is 4.87. The topological polar surface area (TPSA) is 78.7 Å². The summed E-state index contributed by atoms with van der Waals surface area (Å²) in [6.07, 6.45) is 0. The van der Waals surface area contributed by atoms with Gasteiger partial charge in [0.1, 0.15) is 21.7 Å². The maximum absolute atomic E-state index is 12.3. The highest BCUT2D eigenvalue weighted by Gasteiger charge is 2.15. The number of carbonyl (C=O) groups is 1. The van der Waals surface area contributed by atoms with Gasteiger partial charge in [0.05, 0.1) is 16.3 Å². The molecule has 5 nitrogen and oxygen atoms in total. The zero-order valence-electron chi connectivity index (χ0n) is 14.4. The number of nitriles is 1. The molecule has 2 aromatic heterocycles. The molecule has 0 saturated heterocycles. The van der Waals surface area contributed by atoms with Crippen LogP contribution in [-0.4, -0.2) is 21.6 Å². The number of nitrogens with zero attached hydrogens (tertiary/aromatic N) is 3. The quantitative estimate of drug-likeness (QED) is 0.497. The van der Waals surface area contributed by atoms with Crippen molar-refractivity contribution >= 4 is 56.5 Å². The lowest BCUT2D eigenvalue weighted by Crippen LogP contribution is -2.14. The van der Waals surface area contributed by atoms with Crippen LogP contribution in [0.25, 0.3) is 10.2 Å². The molecule has 2 heterocycles. The van der Waals surface area contributed by atoms with Crippen molar-refractivity contribution < 1.29 is 4.79 Å². The number of aromatic nitrogens is 2. The van der Waals surface area contributed by atoms with E-state index in [0.717, 1.165) is 20.8 Å². The molecule has 3 aromatic rings. The van der Waals surface area contributed by atoms with Crippen LogP contribution in [0.15, 0.2) is 23.2 Å². The average molecular weight is 403 g/mol. The van der Waals surface area contributed by atoms with E-state index in [-0.39, 0.29) is 11.7 Å². The first-order chi connectivity index (χ1) is 12.4. The Bertz CT molecular complexity index is 1060. The van der Waals surface area contributed by atoms with Gasteiger partial charge in [-0.25, -0.2) is 9.97 Å². The summed E-state index contributed by atoms with van der Waals surface area (Å²) < 4.78 is 0. The van der Waals surface area contributed by atoms with E-state index in [9.17, 15) is 4.79 Å². The number of thiophene rings is 1. The molecule has 3 rings (SSSR count). The monoisotopic (exact) mass is 402 g/mol. The fourth-order valence-electron chi connectivity index (χ4n) is 2.43. The van der Waals surface area contributed by atoms with Gasteiger partial charge in [0.15, 0.2) is 0 Å². The maximum atomic E-state index is 12.3. The second kappa shape index (κ2) is 7.62. The molecule has 0 bridgehead atoms. The van der Waals surface area contributed by atoms with Gasteiger partial charge >= 0.3 is 0 Å². The van der Waals surface area contributed by atoms with Crippen LogP contribution in [-0.2, 0) is 4.79 Å². The lowest BCUT2D eigenvalue weighted by atomic mass is 10.2. The Hall–Kier alpha value is -2.14. The largest absolute Gasteiger partial charge is 0.325 e. The Labute approximate surface area is 164 Å². The van der Waals surface area contributed by atoms with E-state index in [1.807, 2.05) is 13.0 Å². The molecule has 8 heteroatoms. The number of halogens is 1. The number of rotatable bonds is 4. The molecule has 1 amide bonds. The molecular weight excluding hydrogens is 388 g/mol. The Morgan fingerprint density at radius 2 is 2.12 bits per heavy atom. The van der Waals surface area contributed by atoms with E-state index in [0.29, 0.717) is 22.1 Å². The van der Waals surface area contributed by atoms with Crippen LogP contribution in [0.1, 0.15) is 21.8 Å². The lowest BCUT2D eigenvalue weighted by molar-refractivity contribution is -0.113. The van der Waals surface area contributed by atoms with E-state index in [1.165, 1.54) is 16.6 Å². The van der Waals surface area contributed by atoms with E-state index >= 15 is 0 Å². The van der Waals surface area contributed by atoms with Crippen molar-refractivity contribution in [3.63, 3.8) is 0 Å². The van der Waals surface area contributed by atoms with Gasteiger partial charge in [-0.05, 0) is 44.5 Å². The molecule has 1 aromatic carbocycles. The Morgan fingerprint density at radius 3 is 2.81 bits per heavy atom. The second-order valence-corrected chi connectivity index (χ2v) is 8.26. The first-order valence-corrected chi connectivity index (χ1v) is 9.93. The minimum atomic E-state index is -0.162. The minimum Gasteiger partial charge on any atom is -0.325 e. The van der Waals surface area contributed by atoms with Crippen molar-refractivity contribution in [2.45, 2.75) is 25.8 Å². The molecule has 26 heavy (non-hydrogen) atoms. The standard InChI is InChI=1S/C18H15ClN4OS2/c1-9-10(2)26-18-16(9)17(21-11(3)22-18)25-8-15(24)23-13-5-4-12(7-20)14(19)6-13/h4-6H,8H2,1-3H3,(H,23,24). The van der Waals surface area contributed by atoms with Crippen molar-refractivity contribution in [2.24, 2.45) is 0 Å². The van der Waals surface area contributed by atoms with Gasteiger partial charge < -0.3 is 5.32 Å². The van der Waals surface area contributed by atoms with E-state index in [1.54, 1.807) is 29.5 Å². The zero-order chi connectivity index (χ0) is 18.8. The summed E-state index contributed by atoms with van der Waals surface area (Å²) in [6.45, 7) is 5.97. The van der Waals surface area contributed by atoms with Crippen molar-refractivity contribution in [1.29, 1.82) is 5.26 Å². The summed E-state index contributed by atoms with van der Waals surface area (Å²) in [6, 6.07) is 6.80. The van der Waals surface area contributed by atoms with Gasteiger partial charge in [-0.3, -0.25) is 4.79 Å². The number of amides is 1. The molecule has 0 radical (unpaired) electrons. The number of nitrogens with one attached hydrogen (secondary N) is 1. The Balaban J connectivity index is 1.75. The smallest absolute Gasteiger partial charge is 0.234 e. The summed E-state index contributed by atoms with van der Waals surface area (Å²) in [4.78, 5) is 23.4. The van der Waals surface area contributed by atoms with Crippen molar-refractivity contribution in [3.8, 4) is 6.07 Å². The Kier molecular flexibility index (Phi) is 5.47. The molecule has 0 aliphatic carbocycles. The zero-order valence-corrected chi connectivity index (χ0v) is 16.8. The number of hydrogen-bond acceptors (Lipinski definition) is 6. The molecule has 0 atom stereocenters. The molecule has 0 spiro atoms. The van der Waals surface area contributed by atoms with Crippen LogP contribution in [0, 0.1) is 32.1 Å². The third-order valence-corrected chi connectivity index (χ3v) is 6.21. The summed E-state index contributed by atoms with van der Waals surface area (Å²) in [5.74, 6) is 0.752. The van der Waals surface area contributed by atoms with E-state index in [4.69, 9.17) is 16.9 Å². The number of fused-ring (bicyclic) bond motifs is 1. The van der Waals surface area contributed by atoms with Gasteiger partial charge in [0.25, 0.3) is 0 Å².